The number of hydrogen-bond donors (Lipinski definition) is 1. The number of likely N-dealkylation sites (tertiary alicyclic amines) is 2. The zero-order valence-corrected chi connectivity index (χ0v) is 26.6. The Balaban J connectivity index is 0.998. The lowest BCUT2D eigenvalue weighted by Crippen LogP contribution is -2.37. The Kier molecular flexibility index (Phi) is 8.42. The van der Waals surface area contributed by atoms with Crippen LogP contribution in [0.15, 0.2) is 73.5 Å². The van der Waals surface area contributed by atoms with Crippen LogP contribution in [0.5, 0.6) is 11.5 Å². The lowest BCUT2D eigenvalue weighted by atomic mass is 9.90. The van der Waals surface area contributed by atoms with Gasteiger partial charge in [-0.15, -0.1) is 0 Å². The lowest BCUT2D eigenvalue weighted by Gasteiger charge is -2.31. The molecule has 46 heavy (non-hydrogen) atoms. The van der Waals surface area contributed by atoms with Crippen LogP contribution in [-0.4, -0.2) is 85.8 Å². The molecule has 0 aliphatic carbocycles. The molecule has 7 rings (SSSR count). The number of aromatic nitrogens is 5. The normalized spacial score (nSPS) is 17.9. The summed E-state index contributed by atoms with van der Waals surface area (Å²) < 4.78 is 15.5. The van der Waals surface area contributed by atoms with Crippen molar-refractivity contribution in [1.82, 2.24) is 33.9 Å². The highest BCUT2D eigenvalue weighted by Crippen LogP contribution is 2.35. The summed E-state index contributed by atoms with van der Waals surface area (Å²) in [7, 11) is 3.74. The van der Waals surface area contributed by atoms with Gasteiger partial charge in [-0.05, 0) is 79.6 Å². The molecular formula is C35H40N8O3. The van der Waals surface area contributed by atoms with E-state index in [1.165, 1.54) is 5.56 Å². The van der Waals surface area contributed by atoms with Gasteiger partial charge in [0.1, 0.15) is 23.3 Å². The summed E-state index contributed by atoms with van der Waals surface area (Å²) in [6, 6.07) is 14.1. The molecule has 2 aliphatic rings. The van der Waals surface area contributed by atoms with Crippen LogP contribution in [0.1, 0.15) is 36.3 Å². The fourth-order valence-corrected chi connectivity index (χ4v) is 6.66. The zero-order chi connectivity index (χ0) is 31.6. The SMILES string of the molecule is COC1CCN(C/C=C/C(=O)N2CCC(c3ccn4ncnc(Nc5ccc(Oc6ccc7c(c6)ncn7C)c(C)c5)c34)CC2)C1. The second-order valence-electron chi connectivity index (χ2n) is 12.3. The van der Waals surface area contributed by atoms with E-state index < -0.39 is 0 Å². The Hall–Kier alpha value is -4.74. The molecule has 1 N–H and O–H groups in total. The Morgan fingerprint density at radius 2 is 1.93 bits per heavy atom. The number of nitrogens with zero attached hydrogens (tertiary/aromatic N) is 7. The number of anilines is 2. The second-order valence-corrected chi connectivity index (χ2v) is 12.3. The number of ether oxygens (including phenoxy) is 2. The van der Waals surface area contributed by atoms with Crippen molar-refractivity contribution >= 4 is 34.0 Å². The standard InChI is InChI=1S/C35H40N8O3/c1-24-19-26(6-9-32(24)46-27-7-8-31-30(20-27)37-23-40(31)2)39-35-34-29(13-18-43(34)38-22-36-35)25-10-16-42(17-11-25)33(44)5-4-14-41-15-12-28(21-41)45-3/h4-9,13,18-20,22-23,25,28H,10-12,14-17,21H2,1-3H3,(H,36,38,39)/b5-4+. The molecule has 11 nitrogen and oxygen atoms in total. The average molecular weight is 621 g/mol. The van der Waals surface area contributed by atoms with E-state index in [1.54, 1.807) is 25.8 Å². The number of carbonyl (C=O) groups excluding carboxylic acids is 1. The summed E-state index contributed by atoms with van der Waals surface area (Å²) in [5.74, 6) is 2.69. The number of benzene rings is 2. The third-order valence-corrected chi connectivity index (χ3v) is 9.28. The number of hydrogen-bond acceptors (Lipinski definition) is 8. The van der Waals surface area contributed by atoms with Crippen LogP contribution in [0.25, 0.3) is 16.6 Å². The summed E-state index contributed by atoms with van der Waals surface area (Å²) in [5, 5.41) is 8.00. The van der Waals surface area contributed by atoms with Gasteiger partial charge < -0.3 is 24.3 Å². The maximum Gasteiger partial charge on any atom is 0.246 e. The van der Waals surface area contributed by atoms with Gasteiger partial charge in [0.05, 0.1) is 23.5 Å². The molecule has 11 heteroatoms. The van der Waals surface area contributed by atoms with E-state index in [0.717, 1.165) is 97.1 Å². The van der Waals surface area contributed by atoms with Crippen LogP contribution in [0.4, 0.5) is 11.5 Å². The van der Waals surface area contributed by atoms with Crippen LogP contribution < -0.4 is 10.1 Å². The van der Waals surface area contributed by atoms with E-state index in [1.807, 2.05) is 70.6 Å². The molecule has 5 aromatic rings. The molecule has 0 bridgehead atoms. The molecule has 2 saturated heterocycles. The summed E-state index contributed by atoms with van der Waals surface area (Å²) >= 11 is 0. The number of rotatable bonds is 9. The number of aryl methyl sites for hydroxylation is 2. The average Bonchev–Trinajstić information content (AvgIpc) is 3.81. The van der Waals surface area contributed by atoms with E-state index in [-0.39, 0.29) is 5.91 Å². The van der Waals surface area contributed by atoms with Crippen molar-refractivity contribution in [2.45, 2.75) is 38.2 Å². The Morgan fingerprint density at radius 3 is 2.74 bits per heavy atom. The molecule has 1 unspecified atom stereocenters. The van der Waals surface area contributed by atoms with Gasteiger partial charge in [0.2, 0.25) is 5.91 Å². The van der Waals surface area contributed by atoms with Crippen molar-refractivity contribution < 1.29 is 14.3 Å². The van der Waals surface area contributed by atoms with Crippen LogP contribution in [0, 0.1) is 6.92 Å². The van der Waals surface area contributed by atoms with Crippen molar-refractivity contribution in [1.29, 1.82) is 0 Å². The van der Waals surface area contributed by atoms with E-state index in [2.05, 4.69) is 37.4 Å². The minimum absolute atomic E-state index is 0.0912. The molecule has 3 aromatic heterocycles. The van der Waals surface area contributed by atoms with Crippen molar-refractivity contribution in [3.05, 3.63) is 84.6 Å². The van der Waals surface area contributed by atoms with Gasteiger partial charge in [0.15, 0.2) is 5.82 Å². The Bertz CT molecular complexity index is 1890. The van der Waals surface area contributed by atoms with Crippen LogP contribution >= 0.6 is 0 Å². The molecule has 2 fully saturated rings. The maximum atomic E-state index is 12.9. The monoisotopic (exact) mass is 620 g/mol. The van der Waals surface area contributed by atoms with Crippen LogP contribution in [-0.2, 0) is 16.6 Å². The van der Waals surface area contributed by atoms with Crippen molar-refractivity contribution in [3.63, 3.8) is 0 Å². The first-order valence-corrected chi connectivity index (χ1v) is 15.9. The first-order valence-electron chi connectivity index (χ1n) is 15.9. The number of methoxy groups -OCH3 is 1. The Morgan fingerprint density at radius 1 is 1.07 bits per heavy atom. The molecule has 5 heterocycles. The number of nitrogens with one attached hydrogen (secondary N) is 1. The number of imidazole rings is 1. The van der Waals surface area contributed by atoms with Gasteiger partial charge >= 0.3 is 0 Å². The van der Waals surface area contributed by atoms with E-state index in [4.69, 9.17) is 9.47 Å². The van der Waals surface area contributed by atoms with Gasteiger partial charge in [-0.2, -0.15) is 5.10 Å². The largest absolute Gasteiger partial charge is 0.457 e. The van der Waals surface area contributed by atoms with Crippen molar-refractivity contribution in [2.75, 3.05) is 45.2 Å². The number of piperidine rings is 1. The molecule has 1 amide bonds. The highest BCUT2D eigenvalue weighted by atomic mass is 16.5. The predicted molar refractivity (Wildman–Crippen MR) is 178 cm³/mol. The van der Waals surface area contributed by atoms with Gasteiger partial charge in [0.25, 0.3) is 0 Å². The van der Waals surface area contributed by atoms with Gasteiger partial charge in [-0.25, -0.2) is 14.5 Å². The minimum atomic E-state index is 0.0912. The smallest absolute Gasteiger partial charge is 0.246 e. The Labute approximate surface area is 268 Å². The topological polar surface area (TPSA) is 102 Å². The summed E-state index contributed by atoms with van der Waals surface area (Å²) in [5.41, 5.74) is 6.04. The molecule has 1 atom stereocenters. The lowest BCUT2D eigenvalue weighted by molar-refractivity contribution is -0.127. The fraction of sp³-hybridized carbons (Fsp3) is 0.371. The molecule has 2 aliphatic heterocycles. The highest BCUT2D eigenvalue weighted by molar-refractivity contribution is 5.87. The first kappa shape index (κ1) is 29.9. The molecule has 0 spiro atoms. The molecule has 238 valence electrons. The highest BCUT2D eigenvalue weighted by Gasteiger charge is 2.26. The van der Waals surface area contributed by atoms with Gasteiger partial charge in [-0.1, -0.05) is 6.08 Å². The van der Waals surface area contributed by atoms with Gasteiger partial charge in [0, 0.05) is 70.9 Å². The van der Waals surface area contributed by atoms with Crippen LogP contribution in [0.3, 0.4) is 0 Å². The zero-order valence-electron chi connectivity index (χ0n) is 26.6. The van der Waals surface area contributed by atoms with E-state index >= 15 is 0 Å². The predicted octanol–water partition coefficient (Wildman–Crippen LogP) is 5.44. The van der Waals surface area contributed by atoms with Crippen molar-refractivity contribution in [2.24, 2.45) is 7.05 Å². The first-order chi connectivity index (χ1) is 22.4. The van der Waals surface area contributed by atoms with E-state index in [0.29, 0.717) is 12.0 Å². The number of carbonyl (C=O) groups is 1. The summed E-state index contributed by atoms with van der Waals surface area (Å²) in [6.07, 6.45) is 12.2. The molecule has 0 radical (unpaired) electrons. The quantitative estimate of drug-likeness (QED) is 0.217. The molecular weight excluding hydrogens is 580 g/mol. The maximum absolute atomic E-state index is 12.9. The summed E-state index contributed by atoms with van der Waals surface area (Å²) in [6.45, 7) is 6.21. The van der Waals surface area contributed by atoms with Crippen LogP contribution in [0.2, 0.25) is 0 Å². The third kappa shape index (κ3) is 6.20. The van der Waals surface area contributed by atoms with Gasteiger partial charge in [-0.3, -0.25) is 9.69 Å². The fourth-order valence-electron chi connectivity index (χ4n) is 6.66. The van der Waals surface area contributed by atoms with E-state index in [9.17, 15) is 4.79 Å². The third-order valence-electron chi connectivity index (χ3n) is 9.28. The number of amides is 1. The molecule has 2 aromatic carbocycles. The minimum Gasteiger partial charge on any atom is -0.457 e. The van der Waals surface area contributed by atoms with Crippen molar-refractivity contribution in [3.8, 4) is 11.5 Å². The second kappa shape index (κ2) is 12.9. The summed E-state index contributed by atoms with van der Waals surface area (Å²) in [4.78, 5) is 26.3. The number of fused-ring (bicyclic) bond motifs is 2. The molecule has 0 saturated carbocycles.